The van der Waals surface area contributed by atoms with Crippen molar-refractivity contribution in [3.05, 3.63) is 29.5 Å². The number of carboxylic acids is 1. The van der Waals surface area contributed by atoms with Crippen LogP contribution in [0.4, 0.5) is 0 Å². The summed E-state index contributed by atoms with van der Waals surface area (Å²) in [5.74, 6) is -0.572. The summed E-state index contributed by atoms with van der Waals surface area (Å²) in [4.78, 5) is 15.9. The molecule has 3 rings (SSSR count). The smallest absolute Gasteiger partial charge is 0.335 e. The highest BCUT2D eigenvalue weighted by Gasteiger charge is 2.15. The van der Waals surface area contributed by atoms with Gasteiger partial charge in [0.15, 0.2) is 5.58 Å². The van der Waals surface area contributed by atoms with Gasteiger partial charge in [-0.25, -0.2) is 9.78 Å². The zero-order chi connectivity index (χ0) is 12.7. The second-order valence-corrected chi connectivity index (χ2v) is 4.45. The lowest BCUT2D eigenvalue weighted by atomic mass is 10.2. The third kappa shape index (κ3) is 1.65. The number of oxazole rings is 1. The highest BCUT2D eigenvalue weighted by Crippen LogP contribution is 2.28. The van der Waals surface area contributed by atoms with Crippen LogP contribution in [0.1, 0.15) is 16.1 Å². The van der Waals surface area contributed by atoms with Gasteiger partial charge < -0.3 is 9.52 Å². The lowest BCUT2D eigenvalue weighted by molar-refractivity contribution is 0.0697. The molecule has 6 nitrogen and oxygen atoms in total. The van der Waals surface area contributed by atoms with E-state index >= 15 is 0 Å². The summed E-state index contributed by atoms with van der Waals surface area (Å²) < 4.78 is 9.37. The van der Waals surface area contributed by atoms with E-state index in [1.54, 1.807) is 6.07 Å². The van der Waals surface area contributed by atoms with Crippen LogP contribution in [0.25, 0.3) is 21.9 Å². The van der Waals surface area contributed by atoms with E-state index in [-0.39, 0.29) is 5.56 Å². The maximum atomic E-state index is 10.9. The van der Waals surface area contributed by atoms with Crippen LogP contribution >= 0.6 is 11.5 Å². The topological polar surface area (TPSA) is 89.1 Å². The summed E-state index contributed by atoms with van der Waals surface area (Å²) in [6, 6.07) is 4.56. The fourth-order valence-electron chi connectivity index (χ4n) is 1.59. The van der Waals surface area contributed by atoms with Crippen molar-refractivity contribution in [2.45, 2.75) is 6.92 Å². The van der Waals surface area contributed by atoms with Gasteiger partial charge in [-0.15, -0.1) is 5.10 Å². The average molecular weight is 261 g/mol. The summed E-state index contributed by atoms with van der Waals surface area (Å²) in [6.45, 7) is 1.82. The van der Waals surface area contributed by atoms with Gasteiger partial charge in [0.25, 0.3) is 0 Å². The zero-order valence-corrected chi connectivity index (χ0v) is 10.1. The van der Waals surface area contributed by atoms with Gasteiger partial charge in [0.2, 0.25) is 5.89 Å². The van der Waals surface area contributed by atoms with Crippen molar-refractivity contribution >= 4 is 28.6 Å². The van der Waals surface area contributed by atoms with E-state index in [9.17, 15) is 4.79 Å². The van der Waals surface area contributed by atoms with Gasteiger partial charge >= 0.3 is 5.97 Å². The Morgan fingerprint density at radius 2 is 2.28 bits per heavy atom. The van der Waals surface area contributed by atoms with Crippen LogP contribution in [0.15, 0.2) is 22.6 Å². The Labute approximate surface area is 105 Å². The largest absolute Gasteiger partial charge is 0.478 e. The number of hydrogen-bond acceptors (Lipinski definition) is 6. The molecule has 90 valence electrons. The first-order valence-corrected chi connectivity index (χ1v) is 5.85. The summed E-state index contributed by atoms with van der Waals surface area (Å²) in [5, 5.41) is 12.8. The fraction of sp³-hybridized carbons (Fsp3) is 0.0909. The molecule has 2 aromatic heterocycles. The van der Waals surface area contributed by atoms with E-state index in [4.69, 9.17) is 9.52 Å². The summed E-state index contributed by atoms with van der Waals surface area (Å²) in [5.41, 5.74) is 1.98. The molecule has 0 fully saturated rings. The predicted molar refractivity (Wildman–Crippen MR) is 64.6 cm³/mol. The molecule has 2 heterocycles. The van der Waals surface area contributed by atoms with E-state index in [1.165, 1.54) is 23.7 Å². The second-order valence-electron chi connectivity index (χ2n) is 3.69. The van der Waals surface area contributed by atoms with Crippen molar-refractivity contribution in [2.75, 3.05) is 0 Å². The standard InChI is InChI=1S/C11H7N3O3S/c1-5-9(18-14-13-5)10-12-7-4-6(11(15)16)2-3-8(7)17-10/h2-4H,1H3,(H,15,16). The minimum Gasteiger partial charge on any atom is -0.478 e. The first kappa shape index (κ1) is 10.8. The molecule has 0 unspecified atom stereocenters. The van der Waals surface area contributed by atoms with Crippen LogP contribution in [-0.2, 0) is 0 Å². The number of carbonyl (C=O) groups is 1. The number of benzene rings is 1. The number of rotatable bonds is 2. The first-order valence-electron chi connectivity index (χ1n) is 5.08. The van der Waals surface area contributed by atoms with E-state index in [0.29, 0.717) is 17.0 Å². The molecule has 1 N–H and O–H groups in total. The Morgan fingerprint density at radius 3 is 2.94 bits per heavy atom. The van der Waals surface area contributed by atoms with E-state index in [2.05, 4.69) is 14.6 Å². The highest BCUT2D eigenvalue weighted by molar-refractivity contribution is 7.09. The lowest BCUT2D eigenvalue weighted by Gasteiger charge is -1.91. The van der Waals surface area contributed by atoms with Gasteiger partial charge in [-0.2, -0.15) is 0 Å². The van der Waals surface area contributed by atoms with Crippen molar-refractivity contribution in [3.8, 4) is 10.8 Å². The molecule has 0 saturated carbocycles. The number of aryl methyl sites for hydroxylation is 1. The van der Waals surface area contributed by atoms with Gasteiger partial charge in [0.05, 0.1) is 11.3 Å². The molecule has 0 spiro atoms. The van der Waals surface area contributed by atoms with Crippen LogP contribution in [-0.4, -0.2) is 25.6 Å². The molecule has 1 aromatic carbocycles. The van der Waals surface area contributed by atoms with Gasteiger partial charge in [-0.3, -0.25) is 0 Å². The molecule has 0 aliphatic heterocycles. The normalized spacial score (nSPS) is 10.9. The van der Waals surface area contributed by atoms with E-state index in [0.717, 1.165) is 10.6 Å². The zero-order valence-electron chi connectivity index (χ0n) is 9.25. The molecule has 0 aliphatic carbocycles. The van der Waals surface area contributed by atoms with Crippen molar-refractivity contribution in [2.24, 2.45) is 0 Å². The van der Waals surface area contributed by atoms with Gasteiger partial charge in [0.1, 0.15) is 10.4 Å². The molecule has 0 atom stereocenters. The monoisotopic (exact) mass is 261 g/mol. The average Bonchev–Trinajstić information content (AvgIpc) is 2.92. The molecular weight excluding hydrogens is 254 g/mol. The van der Waals surface area contributed by atoms with Crippen LogP contribution in [0, 0.1) is 6.92 Å². The molecule has 0 saturated heterocycles. The Kier molecular flexibility index (Phi) is 2.34. The van der Waals surface area contributed by atoms with Crippen LogP contribution < -0.4 is 0 Å². The van der Waals surface area contributed by atoms with Gasteiger partial charge in [0, 0.05) is 0 Å². The molecule has 7 heteroatoms. The van der Waals surface area contributed by atoms with Crippen molar-refractivity contribution in [1.82, 2.24) is 14.6 Å². The molecule has 18 heavy (non-hydrogen) atoms. The van der Waals surface area contributed by atoms with Crippen LogP contribution in [0.3, 0.4) is 0 Å². The predicted octanol–water partition coefficient (Wildman–Crippen LogP) is 2.35. The lowest BCUT2D eigenvalue weighted by Crippen LogP contribution is -1.94. The number of aromatic nitrogens is 3. The number of aromatic carboxylic acids is 1. The maximum Gasteiger partial charge on any atom is 0.335 e. The number of fused-ring (bicyclic) bond motifs is 1. The molecule has 0 radical (unpaired) electrons. The molecule has 3 aromatic rings. The van der Waals surface area contributed by atoms with E-state index < -0.39 is 5.97 Å². The van der Waals surface area contributed by atoms with Crippen LogP contribution in [0.2, 0.25) is 0 Å². The highest BCUT2D eigenvalue weighted by atomic mass is 32.1. The minimum atomic E-state index is -0.989. The summed E-state index contributed by atoms with van der Waals surface area (Å²) >= 11 is 1.19. The van der Waals surface area contributed by atoms with Crippen molar-refractivity contribution in [1.29, 1.82) is 0 Å². The van der Waals surface area contributed by atoms with Crippen molar-refractivity contribution in [3.63, 3.8) is 0 Å². The van der Waals surface area contributed by atoms with Gasteiger partial charge in [-0.05, 0) is 36.7 Å². The fourth-order valence-corrected chi connectivity index (χ4v) is 2.17. The number of nitrogens with zero attached hydrogens (tertiary/aromatic N) is 3. The molecule has 0 amide bonds. The Balaban J connectivity index is 2.17. The first-order chi connectivity index (χ1) is 8.65. The quantitative estimate of drug-likeness (QED) is 0.761. The van der Waals surface area contributed by atoms with E-state index in [1.807, 2.05) is 6.92 Å². The second kappa shape index (κ2) is 3.88. The van der Waals surface area contributed by atoms with Crippen molar-refractivity contribution < 1.29 is 14.3 Å². The SMILES string of the molecule is Cc1nnsc1-c1nc2cc(C(=O)O)ccc2o1. The third-order valence-electron chi connectivity index (χ3n) is 2.48. The third-order valence-corrected chi connectivity index (χ3v) is 3.30. The Bertz CT molecular complexity index is 747. The van der Waals surface area contributed by atoms with Crippen LogP contribution in [0.5, 0.6) is 0 Å². The Morgan fingerprint density at radius 1 is 1.44 bits per heavy atom. The maximum absolute atomic E-state index is 10.9. The Hall–Kier alpha value is -2.28. The molecule has 0 aliphatic rings. The molecule has 0 bridgehead atoms. The number of hydrogen-bond donors (Lipinski definition) is 1. The van der Waals surface area contributed by atoms with Gasteiger partial charge in [-0.1, -0.05) is 4.49 Å². The summed E-state index contributed by atoms with van der Waals surface area (Å²) in [7, 11) is 0. The minimum absolute atomic E-state index is 0.182. The number of carboxylic acid groups (broad SMARTS) is 1. The summed E-state index contributed by atoms with van der Waals surface area (Å²) in [6.07, 6.45) is 0. The molecular formula is C11H7N3O3S.